The van der Waals surface area contributed by atoms with Crippen molar-refractivity contribution in [2.24, 2.45) is 4.99 Å². The van der Waals surface area contributed by atoms with Crippen LogP contribution < -0.4 is 10.1 Å². The Bertz CT molecular complexity index is 797. The molecule has 0 fully saturated rings. The van der Waals surface area contributed by atoms with Crippen LogP contribution in [0, 0.1) is 0 Å². The van der Waals surface area contributed by atoms with Crippen molar-refractivity contribution in [1.82, 2.24) is 10.2 Å². The smallest absolute Gasteiger partial charge is 0.193 e. The van der Waals surface area contributed by atoms with Crippen LogP contribution in [-0.2, 0) is 18.6 Å². The van der Waals surface area contributed by atoms with E-state index < -0.39 is 5.60 Å². The molecule has 3 rings (SSSR count). The van der Waals surface area contributed by atoms with Crippen molar-refractivity contribution in [3.05, 3.63) is 65.2 Å². The standard InChI is InChI=1S/C21H27N3O2.HI/c1-22-20(24(2)14-16-7-6-9-18(13-16)26-3)23-15-21(25)12-11-17-8-4-5-10-19(17)21;/h4-10,13,25H,11-12,14-15H2,1-3H3,(H,22,23);1H. The van der Waals surface area contributed by atoms with Gasteiger partial charge in [-0.15, -0.1) is 24.0 Å². The Kier molecular flexibility index (Phi) is 7.49. The summed E-state index contributed by atoms with van der Waals surface area (Å²) in [5, 5.41) is 14.4. The van der Waals surface area contributed by atoms with Gasteiger partial charge in [-0.05, 0) is 41.7 Å². The molecule has 1 aliphatic carbocycles. The summed E-state index contributed by atoms with van der Waals surface area (Å²) in [5.41, 5.74) is 2.55. The van der Waals surface area contributed by atoms with Crippen LogP contribution in [-0.4, -0.2) is 43.7 Å². The molecule has 146 valence electrons. The van der Waals surface area contributed by atoms with Gasteiger partial charge in [0.2, 0.25) is 0 Å². The Morgan fingerprint density at radius 2 is 2.04 bits per heavy atom. The van der Waals surface area contributed by atoms with E-state index in [9.17, 15) is 5.11 Å². The van der Waals surface area contributed by atoms with Gasteiger partial charge in [-0.1, -0.05) is 36.4 Å². The van der Waals surface area contributed by atoms with Crippen molar-refractivity contribution in [3.63, 3.8) is 0 Å². The molecule has 2 N–H and O–H groups in total. The number of aliphatic hydroxyl groups is 1. The number of fused-ring (bicyclic) bond motifs is 1. The van der Waals surface area contributed by atoms with E-state index in [1.54, 1.807) is 14.2 Å². The lowest BCUT2D eigenvalue weighted by atomic mass is 9.96. The number of guanidine groups is 1. The highest BCUT2D eigenvalue weighted by Gasteiger charge is 2.36. The lowest BCUT2D eigenvalue weighted by Crippen LogP contribution is -2.45. The van der Waals surface area contributed by atoms with Gasteiger partial charge in [0.05, 0.1) is 13.7 Å². The molecule has 0 saturated heterocycles. The normalized spacial score (nSPS) is 18.4. The third-order valence-corrected chi connectivity index (χ3v) is 4.99. The summed E-state index contributed by atoms with van der Waals surface area (Å²) < 4.78 is 5.29. The Morgan fingerprint density at radius 1 is 1.26 bits per heavy atom. The monoisotopic (exact) mass is 481 g/mol. The van der Waals surface area contributed by atoms with E-state index in [1.807, 2.05) is 48.3 Å². The number of benzene rings is 2. The minimum atomic E-state index is -0.844. The highest BCUT2D eigenvalue weighted by atomic mass is 127. The summed E-state index contributed by atoms with van der Waals surface area (Å²) in [7, 11) is 5.42. The minimum Gasteiger partial charge on any atom is -0.497 e. The second-order valence-electron chi connectivity index (χ2n) is 6.80. The molecule has 0 radical (unpaired) electrons. The summed E-state index contributed by atoms with van der Waals surface area (Å²) in [6, 6.07) is 16.1. The second kappa shape index (κ2) is 9.41. The lowest BCUT2D eigenvalue weighted by molar-refractivity contribution is 0.0427. The Labute approximate surface area is 178 Å². The predicted octanol–water partition coefficient (Wildman–Crippen LogP) is 3.15. The first-order valence-corrected chi connectivity index (χ1v) is 8.91. The van der Waals surface area contributed by atoms with Gasteiger partial charge in [0.15, 0.2) is 5.96 Å². The second-order valence-corrected chi connectivity index (χ2v) is 6.80. The van der Waals surface area contributed by atoms with Gasteiger partial charge in [-0.25, -0.2) is 0 Å². The van der Waals surface area contributed by atoms with Crippen LogP contribution in [0.4, 0.5) is 0 Å². The number of halogens is 1. The maximum atomic E-state index is 11.1. The minimum absolute atomic E-state index is 0. The van der Waals surface area contributed by atoms with E-state index in [0.717, 1.165) is 35.7 Å². The van der Waals surface area contributed by atoms with Crippen molar-refractivity contribution >= 4 is 29.9 Å². The third-order valence-electron chi connectivity index (χ3n) is 4.99. The Hall–Kier alpha value is -1.80. The Morgan fingerprint density at radius 3 is 2.78 bits per heavy atom. The number of aliphatic imine (C=N–C) groups is 1. The zero-order valence-corrected chi connectivity index (χ0v) is 18.4. The average Bonchev–Trinajstić information content (AvgIpc) is 3.00. The highest BCUT2D eigenvalue weighted by molar-refractivity contribution is 14.0. The van der Waals surface area contributed by atoms with Gasteiger partial charge < -0.3 is 20.1 Å². The molecule has 0 saturated carbocycles. The number of nitrogens with one attached hydrogen (secondary N) is 1. The molecule has 0 spiro atoms. The fourth-order valence-corrected chi connectivity index (χ4v) is 3.58. The molecule has 0 bridgehead atoms. The maximum Gasteiger partial charge on any atom is 0.193 e. The molecule has 6 heteroatoms. The molecule has 0 aromatic heterocycles. The molecule has 5 nitrogen and oxygen atoms in total. The highest BCUT2D eigenvalue weighted by Crippen LogP contribution is 2.36. The van der Waals surface area contributed by atoms with Crippen molar-refractivity contribution in [1.29, 1.82) is 0 Å². The topological polar surface area (TPSA) is 57.1 Å². The summed E-state index contributed by atoms with van der Waals surface area (Å²) in [6.07, 6.45) is 1.64. The molecule has 2 aromatic carbocycles. The van der Waals surface area contributed by atoms with Crippen molar-refractivity contribution in [2.45, 2.75) is 25.0 Å². The number of ether oxygens (including phenoxy) is 1. The van der Waals surface area contributed by atoms with Crippen molar-refractivity contribution in [3.8, 4) is 5.75 Å². The van der Waals surface area contributed by atoms with Crippen LogP contribution in [0.2, 0.25) is 0 Å². The number of aryl methyl sites for hydroxylation is 1. The third kappa shape index (κ3) is 4.93. The van der Waals surface area contributed by atoms with Crippen LogP contribution in [0.15, 0.2) is 53.5 Å². The van der Waals surface area contributed by atoms with Crippen molar-refractivity contribution in [2.75, 3.05) is 27.7 Å². The largest absolute Gasteiger partial charge is 0.497 e. The molecule has 1 atom stereocenters. The van der Waals surface area contributed by atoms with E-state index in [1.165, 1.54) is 5.56 Å². The molecular weight excluding hydrogens is 453 g/mol. The number of nitrogens with zero attached hydrogens (tertiary/aromatic N) is 2. The van der Waals surface area contributed by atoms with E-state index in [-0.39, 0.29) is 24.0 Å². The van der Waals surface area contributed by atoms with Gasteiger partial charge in [0.1, 0.15) is 11.4 Å². The fourth-order valence-electron chi connectivity index (χ4n) is 3.58. The van der Waals surface area contributed by atoms with E-state index in [2.05, 4.69) is 22.4 Å². The van der Waals surface area contributed by atoms with E-state index in [4.69, 9.17) is 4.74 Å². The molecule has 1 aliphatic rings. The van der Waals surface area contributed by atoms with E-state index in [0.29, 0.717) is 13.1 Å². The van der Waals surface area contributed by atoms with Gasteiger partial charge in [0, 0.05) is 20.6 Å². The molecule has 1 unspecified atom stereocenters. The van der Waals surface area contributed by atoms with Crippen LogP contribution in [0.1, 0.15) is 23.1 Å². The first-order valence-electron chi connectivity index (χ1n) is 8.91. The molecule has 2 aromatic rings. The summed E-state index contributed by atoms with van der Waals surface area (Å²) in [6.45, 7) is 1.14. The van der Waals surface area contributed by atoms with Gasteiger partial charge in [-0.2, -0.15) is 0 Å². The summed E-state index contributed by atoms with van der Waals surface area (Å²) in [5.74, 6) is 1.60. The van der Waals surface area contributed by atoms with Gasteiger partial charge in [-0.3, -0.25) is 4.99 Å². The molecule has 0 aliphatic heterocycles. The van der Waals surface area contributed by atoms with Crippen LogP contribution in [0.3, 0.4) is 0 Å². The quantitative estimate of drug-likeness (QED) is 0.392. The average molecular weight is 481 g/mol. The fraction of sp³-hybridized carbons (Fsp3) is 0.381. The lowest BCUT2D eigenvalue weighted by Gasteiger charge is -2.28. The Balaban J connectivity index is 0.00000261. The predicted molar refractivity (Wildman–Crippen MR) is 120 cm³/mol. The number of methoxy groups -OCH3 is 1. The van der Waals surface area contributed by atoms with Crippen LogP contribution in [0.25, 0.3) is 0 Å². The molecule has 27 heavy (non-hydrogen) atoms. The van der Waals surface area contributed by atoms with E-state index >= 15 is 0 Å². The van der Waals surface area contributed by atoms with Gasteiger partial charge >= 0.3 is 0 Å². The van der Waals surface area contributed by atoms with Gasteiger partial charge in [0.25, 0.3) is 0 Å². The number of rotatable bonds is 5. The maximum absolute atomic E-state index is 11.1. The summed E-state index contributed by atoms with van der Waals surface area (Å²) >= 11 is 0. The summed E-state index contributed by atoms with van der Waals surface area (Å²) in [4.78, 5) is 6.40. The first kappa shape index (κ1) is 21.5. The number of hydrogen-bond donors (Lipinski definition) is 2. The van der Waals surface area contributed by atoms with Crippen LogP contribution in [0.5, 0.6) is 5.75 Å². The molecule has 0 amide bonds. The zero-order chi connectivity index (χ0) is 18.6. The zero-order valence-electron chi connectivity index (χ0n) is 16.1. The SMILES string of the molecule is CN=C(NCC1(O)CCc2ccccc21)N(C)Cc1cccc(OC)c1.I. The molecular formula is C21H28IN3O2. The molecule has 0 heterocycles. The first-order chi connectivity index (χ1) is 12.6. The van der Waals surface area contributed by atoms with Crippen molar-refractivity contribution < 1.29 is 9.84 Å². The van der Waals surface area contributed by atoms with Crippen LogP contribution >= 0.6 is 24.0 Å². The number of hydrogen-bond acceptors (Lipinski definition) is 3.